The van der Waals surface area contributed by atoms with Crippen LogP contribution in [0.1, 0.15) is 26.3 Å². The quantitative estimate of drug-likeness (QED) is 0.0523. The van der Waals surface area contributed by atoms with Gasteiger partial charge in [0.25, 0.3) is 5.91 Å². The lowest BCUT2D eigenvalue weighted by Gasteiger charge is -2.13. The van der Waals surface area contributed by atoms with Gasteiger partial charge in [-0.25, -0.2) is 0 Å². The number of carbonyl (C=O) groups excluding carboxylic acids is 2. The lowest BCUT2D eigenvalue weighted by molar-refractivity contribution is 0.0991. The Morgan fingerprint density at radius 3 is 1.55 bits per heavy atom. The Bertz CT molecular complexity index is 2430. The summed E-state index contributed by atoms with van der Waals surface area (Å²) in [5, 5.41) is 20.6. The number of hydrogen-bond acceptors (Lipinski definition) is 12. The van der Waals surface area contributed by atoms with Crippen LogP contribution in [0.4, 0.5) is 5.69 Å². The number of rotatable bonds is 15. The van der Waals surface area contributed by atoms with E-state index < -0.39 is 7.12 Å². The predicted octanol–water partition coefficient (Wildman–Crippen LogP) is 7.76. The first-order valence-electron chi connectivity index (χ1n) is 18.9. The zero-order valence-corrected chi connectivity index (χ0v) is 37.8. The van der Waals surface area contributed by atoms with E-state index in [2.05, 4.69) is 27.9 Å². The number of benzene rings is 6. The number of halogens is 1. The molecule has 0 radical (unpaired) electrons. The van der Waals surface area contributed by atoms with Crippen molar-refractivity contribution in [3.63, 3.8) is 0 Å². The number of nitrogens with one attached hydrogen (secondary N) is 1. The normalized spacial score (nSPS) is 10.0. The summed E-state index contributed by atoms with van der Waals surface area (Å²) >= 11 is 2.14. The molecule has 15 heteroatoms. The van der Waals surface area contributed by atoms with Crippen molar-refractivity contribution in [3.05, 3.63) is 142 Å². The molecule has 0 atom stereocenters. The van der Waals surface area contributed by atoms with Crippen LogP contribution >= 0.6 is 22.6 Å². The monoisotopic (exact) mass is 957 g/mol. The van der Waals surface area contributed by atoms with Gasteiger partial charge in [-0.15, -0.1) is 0 Å². The van der Waals surface area contributed by atoms with Gasteiger partial charge >= 0.3 is 7.12 Å². The molecule has 0 spiro atoms. The van der Waals surface area contributed by atoms with Gasteiger partial charge in [0, 0.05) is 27.3 Å². The first-order chi connectivity index (χ1) is 29.9. The summed E-state index contributed by atoms with van der Waals surface area (Å²) in [6.07, 6.45) is 0.255. The van der Waals surface area contributed by atoms with E-state index in [0.29, 0.717) is 68.3 Å². The Labute approximate surface area is 375 Å². The van der Waals surface area contributed by atoms with E-state index in [9.17, 15) is 9.59 Å². The van der Waals surface area contributed by atoms with Gasteiger partial charge in [0.1, 0.15) is 0 Å². The molecule has 62 heavy (non-hydrogen) atoms. The maximum Gasteiger partial charge on any atom is 0.488 e. The Hall–Kier alpha value is -6.43. The molecule has 0 fully saturated rings. The van der Waals surface area contributed by atoms with Crippen molar-refractivity contribution in [2.24, 2.45) is 0 Å². The minimum Gasteiger partial charge on any atom is -0.493 e. The Morgan fingerprint density at radius 1 is 0.516 bits per heavy atom. The Kier molecular flexibility index (Phi) is 18.8. The molecule has 1 amide bonds. The molecule has 6 aromatic carbocycles. The third kappa shape index (κ3) is 12.8. The summed E-state index contributed by atoms with van der Waals surface area (Å²) in [6.45, 7) is 0. The summed E-state index contributed by atoms with van der Waals surface area (Å²) in [5.41, 5.74) is 4.91. The minimum absolute atomic E-state index is 0.0163. The van der Waals surface area contributed by atoms with Crippen molar-refractivity contribution in [2.45, 2.75) is 6.42 Å². The number of ether oxygens (including phenoxy) is 8. The maximum atomic E-state index is 13.1. The molecule has 0 bridgehead atoms. The van der Waals surface area contributed by atoms with Crippen LogP contribution in [0.2, 0.25) is 0 Å². The molecular formula is C47H49BINO12. The van der Waals surface area contributed by atoms with E-state index in [4.69, 9.17) is 47.9 Å². The van der Waals surface area contributed by atoms with Crippen LogP contribution in [0.5, 0.6) is 46.0 Å². The van der Waals surface area contributed by atoms with Gasteiger partial charge in [-0.05, 0) is 105 Å². The van der Waals surface area contributed by atoms with E-state index in [-0.39, 0.29) is 18.1 Å². The predicted molar refractivity (Wildman–Crippen MR) is 249 cm³/mol. The number of hydrogen-bond donors (Lipinski definition) is 3. The summed E-state index contributed by atoms with van der Waals surface area (Å²) in [6, 6.07) is 36.1. The van der Waals surface area contributed by atoms with E-state index in [0.717, 1.165) is 20.3 Å². The topological polar surface area (TPSA) is 160 Å². The van der Waals surface area contributed by atoms with Crippen molar-refractivity contribution in [2.75, 3.05) is 62.2 Å². The van der Waals surface area contributed by atoms with E-state index in [1.54, 1.807) is 79.1 Å². The van der Waals surface area contributed by atoms with Crippen LogP contribution in [0.25, 0.3) is 11.1 Å². The maximum absolute atomic E-state index is 13.1. The van der Waals surface area contributed by atoms with Crippen LogP contribution < -0.4 is 48.7 Å². The lowest BCUT2D eigenvalue weighted by Crippen LogP contribution is -2.29. The van der Waals surface area contributed by atoms with Gasteiger partial charge in [0.15, 0.2) is 51.8 Å². The average Bonchev–Trinajstić information content (AvgIpc) is 3.31. The number of ketones is 1. The Morgan fingerprint density at radius 2 is 0.984 bits per heavy atom. The number of methoxy groups -OCH3 is 8. The third-order valence-electron chi connectivity index (χ3n) is 9.20. The first-order valence-corrected chi connectivity index (χ1v) is 19.9. The second-order valence-electron chi connectivity index (χ2n) is 12.9. The van der Waals surface area contributed by atoms with Crippen LogP contribution in [-0.4, -0.2) is 85.7 Å². The highest BCUT2D eigenvalue weighted by Crippen LogP contribution is 2.35. The third-order valence-corrected chi connectivity index (χ3v) is 10.1. The van der Waals surface area contributed by atoms with Crippen molar-refractivity contribution >= 4 is 52.5 Å². The minimum atomic E-state index is -1.49. The van der Waals surface area contributed by atoms with E-state index in [1.165, 1.54) is 20.3 Å². The molecule has 0 heterocycles. The molecule has 0 aliphatic carbocycles. The highest BCUT2D eigenvalue weighted by atomic mass is 127. The molecule has 6 rings (SSSR count). The molecule has 324 valence electrons. The largest absolute Gasteiger partial charge is 0.493 e. The molecule has 6 aromatic rings. The van der Waals surface area contributed by atoms with Crippen molar-refractivity contribution < 1.29 is 57.5 Å². The summed E-state index contributed by atoms with van der Waals surface area (Å²) in [7, 11) is 11.0. The molecule has 0 unspecified atom stereocenters. The van der Waals surface area contributed by atoms with Gasteiger partial charge in [-0.2, -0.15) is 0 Å². The van der Waals surface area contributed by atoms with Crippen LogP contribution in [0.15, 0.2) is 121 Å². The zero-order chi connectivity index (χ0) is 45.2. The number of anilines is 1. The van der Waals surface area contributed by atoms with Crippen molar-refractivity contribution in [1.82, 2.24) is 0 Å². The van der Waals surface area contributed by atoms with Crippen LogP contribution in [0.3, 0.4) is 0 Å². The van der Waals surface area contributed by atoms with Gasteiger partial charge < -0.3 is 53.3 Å². The standard InChI is InChI=1S/C24H24O5.C15H14INO3.C8H11BO4/c1-26-21-11-9-16(14-23(21)28-3)13-20(25)19-8-6-5-7-18(19)17-10-12-22(27-2)24(15-17)29-4;1-19-13-8-7-10(9-14(13)20-2)17-15(18)11-5-3-4-6-12(11)16;1-12-7-4-3-6(9(10)11)5-8(7)13-2/h5-12,14-15H,13H2,1-4H3;3-9H,1-2H3,(H,17,18);3-5,10-11H,1-2H3. The molecule has 0 saturated heterocycles. The second kappa shape index (κ2) is 24.1. The van der Waals surface area contributed by atoms with Crippen LogP contribution in [-0.2, 0) is 6.42 Å². The summed E-state index contributed by atoms with van der Waals surface area (Å²) in [5.74, 6) is 4.61. The van der Waals surface area contributed by atoms with Crippen molar-refractivity contribution in [1.29, 1.82) is 0 Å². The molecule has 0 saturated carbocycles. The van der Waals surface area contributed by atoms with Gasteiger partial charge in [-0.3, -0.25) is 9.59 Å². The highest BCUT2D eigenvalue weighted by molar-refractivity contribution is 14.1. The van der Waals surface area contributed by atoms with Crippen LogP contribution in [0, 0.1) is 3.57 Å². The molecular weight excluding hydrogens is 908 g/mol. The second-order valence-corrected chi connectivity index (χ2v) is 14.1. The number of amides is 1. The van der Waals surface area contributed by atoms with E-state index in [1.807, 2.05) is 78.9 Å². The van der Waals surface area contributed by atoms with Gasteiger partial charge in [0.2, 0.25) is 0 Å². The van der Waals surface area contributed by atoms with E-state index >= 15 is 0 Å². The zero-order valence-electron chi connectivity index (χ0n) is 35.7. The van der Waals surface area contributed by atoms with Crippen molar-refractivity contribution in [3.8, 4) is 57.1 Å². The molecule has 13 nitrogen and oxygen atoms in total. The smallest absolute Gasteiger partial charge is 0.488 e. The molecule has 0 aliphatic heterocycles. The number of carbonyl (C=O) groups is 2. The fraction of sp³-hybridized carbons (Fsp3) is 0.191. The van der Waals surface area contributed by atoms with Gasteiger partial charge in [-0.1, -0.05) is 54.6 Å². The highest BCUT2D eigenvalue weighted by Gasteiger charge is 2.17. The molecule has 0 aromatic heterocycles. The first kappa shape index (κ1) is 48.2. The molecule has 0 aliphatic rings. The average molecular weight is 958 g/mol. The Balaban J connectivity index is 0.000000222. The van der Waals surface area contributed by atoms with Gasteiger partial charge in [0.05, 0.1) is 62.4 Å². The fourth-order valence-electron chi connectivity index (χ4n) is 6.02. The number of Topliss-reactive ketones (excluding diaryl/α,β-unsaturated/α-hetero) is 1. The summed E-state index contributed by atoms with van der Waals surface area (Å²) in [4.78, 5) is 25.3. The SMILES string of the molecule is COc1ccc(B(O)O)cc1OC.COc1ccc(CC(=O)c2ccccc2-c2ccc(OC)c(OC)c2)cc1OC.COc1ccc(NC(=O)c2ccccc2I)cc1OC. The lowest BCUT2D eigenvalue weighted by atomic mass is 9.80. The summed E-state index contributed by atoms with van der Waals surface area (Å²) < 4.78 is 42.6. The fourth-order valence-corrected chi connectivity index (χ4v) is 6.66. The molecule has 3 N–H and O–H groups in total.